The number of nitrogen functional groups attached to an aromatic ring is 1. The normalized spacial score (nSPS) is 11.4. The monoisotopic (exact) mass is 348 g/mol. The van der Waals surface area contributed by atoms with Crippen molar-refractivity contribution in [1.29, 1.82) is 0 Å². The van der Waals surface area contributed by atoms with Crippen molar-refractivity contribution in [1.82, 2.24) is 0 Å². The molecule has 4 nitrogen and oxygen atoms in total. The van der Waals surface area contributed by atoms with Gasteiger partial charge >= 0.3 is 0 Å². The summed E-state index contributed by atoms with van der Waals surface area (Å²) in [5, 5.41) is 0.515. The number of halogens is 3. The highest BCUT2D eigenvalue weighted by molar-refractivity contribution is 7.92. The van der Waals surface area contributed by atoms with Gasteiger partial charge in [0.2, 0.25) is 0 Å². The van der Waals surface area contributed by atoms with Gasteiger partial charge in [-0.3, -0.25) is 4.72 Å². The summed E-state index contributed by atoms with van der Waals surface area (Å²) in [5.41, 5.74) is 5.47. The Labute approximate surface area is 131 Å². The quantitative estimate of drug-likeness (QED) is 0.828. The van der Waals surface area contributed by atoms with Crippen LogP contribution in [0.5, 0.6) is 0 Å². The van der Waals surface area contributed by atoms with Crippen LogP contribution in [0.3, 0.4) is 0 Å². The molecule has 0 spiro atoms. The number of rotatable bonds is 3. The second kappa shape index (κ2) is 5.71. The zero-order chi connectivity index (χ0) is 15.8. The third-order valence-corrected chi connectivity index (χ3v) is 4.65. The van der Waals surface area contributed by atoms with Gasteiger partial charge in [-0.05, 0) is 42.8 Å². The van der Waals surface area contributed by atoms with Gasteiger partial charge in [-0.15, -0.1) is 0 Å². The molecule has 0 aromatic heterocycles. The molecule has 0 unspecified atom stereocenters. The molecule has 0 aliphatic carbocycles. The summed E-state index contributed by atoms with van der Waals surface area (Å²) in [7, 11) is -3.95. The van der Waals surface area contributed by atoms with Crippen LogP contribution in [0, 0.1) is 12.7 Å². The molecule has 0 radical (unpaired) electrons. The first kappa shape index (κ1) is 15.9. The number of benzene rings is 2. The van der Waals surface area contributed by atoms with Crippen molar-refractivity contribution < 1.29 is 12.8 Å². The first-order chi connectivity index (χ1) is 9.70. The molecule has 112 valence electrons. The van der Waals surface area contributed by atoms with Crippen LogP contribution in [0.4, 0.5) is 15.8 Å². The summed E-state index contributed by atoms with van der Waals surface area (Å²) in [5.74, 6) is -0.644. The Bertz CT molecular complexity index is 787. The highest BCUT2D eigenvalue weighted by atomic mass is 35.5. The average Bonchev–Trinajstić information content (AvgIpc) is 2.39. The molecule has 2 rings (SSSR count). The number of nitrogens with one attached hydrogen (secondary N) is 1. The Morgan fingerprint density at radius 2 is 1.86 bits per heavy atom. The van der Waals surface area contributed by atoms with Gasteiger partial charge in [0.25, 0.3) is 10.0 Å². The van der Waals surface area contributed by atoms with Crippen molar-refractivity contribution in [2.45, 2.75) is 11.8 Å². The minimum Gasteiger partial charge on any atom is -0.396 e. The van der Waals surface area contributed by atoms with Crippen molar-refractivity contribution in [2.75, 3.05) is 10.5 Å². The molecule has 2 aromatic carbocycles. The Morgan fingerprint density at radius 3 is 2.48 bits per heavy atom. The zero-order valence-electron chi connectivity index (χ0n) is 10.8. The van der Waals surface area contributed by atoms with Crippen LogP contribution in [0.15, 0.2) is 35.2 Å². The molecular weight excluding hydrogens is 338 g/mol. The van der Waals surface area contributed by atoms with Crippen LogP contribution < -0.4 is 10.5 Å². The summed E-state index contributed by atoms with van der Waals surface area (Å²) in [6, 6.07) is 6.60. The van der Waals surface area contributed by atoms with E-state index >= 15 is 0 Å². The third kappa shape index (κ3) is 3.40. The predicted molar refractivity (Wildman–Crippen MR) is 82.8 cm³/mol. The lowest BCUT2D eigenvalue weighted by atomic mass is 10.2. The molecular formula is C13H11Cl2FN2O2S. The van der Waals surface area contributed by atoms with Crippen molar-refractivity contribution in [3.63, 3.8) is 0 Å². The fraction of sp³-hybridized carbons (Fsp3) is 0.0769. The molecule has 2 aromatic rings. The summed E-state index contributed by atoms with van der Waals surface area (Å²) in [4.78, 5) is -0.157. The van der Waals surface area contributed by atoms with Crippen LogP contribution in [0.1, 0.15) is 5.56 Å². The molecule has 0 atom stereocenters. The van der Waals surface area contributed by atoms with Crippen LogP contribution in [0.25, 0.3) is 0 Å². The molecule has 0 heterocycles. The highest BCUT2D eigenvalue weighted by Gasteiger charge is 2.19. The number of sulfonamides is 1. The van der Waals surface area contributed by atoms with E-state index in [2.05, 4.69) is 4.72 Å². The maximum atomic E-state index is 13.5. The van der Waals surface area contributed by atoms with Crippen molar-refractivity contribution in [3.8, 4) is 0 Å². The summed E-state index contributed by atoms with van der Waals surface area (Å²) < 4.78 is 40.3. The second-order valence-corrected chi connectivity index (χ2v) is 6.90. The van der Waals surface area contributed by atoms with Crippen LogP contribution in [0.2, 0.25) is 10.0 Å². The van der Waals surface area contributed by atoms with Gasteiger partial charge in [-0.2, -0.15) is 0 Å². The van der Waals surface area contributed by atoms with Gasteiger partial charge in [0.1, 0.15) is 5.82 Å². The predicted octanol–water partition coefficient (Wildman–Crippen LogP) is 3.82. The molecule has 8 heteroatoms. The van der Waals surface area contributed by atoms with Crippen molar-refractivity contribution >= 4 is 44.6 Å². The standard InChI is InChI=1S/C13H11Cl2FN2O2S/c1-7-4-9(6-11(17)13(7)16)21(19,20)18-12-5-8(14)2-3-10(12)15/h2-6,18H,17H2,1H3. The summed E-state index contributed by atoms with van der Waals surface area (Å²) in [6.07, 6.45) is 0. The topological polar surface area (TPSA) is 72.2 Å². The fourth-order valence-electron chi connectivity index (χ4n) is 1.70. The van der Waals surface area contributed by atoms with E-state index in [-0.39, 0.29) is 26.9 Å². The average molecular weight is 349 g/mol. The van der Waals surface area contributed by atoms with Gasteiger partial charge in [-0.25, -0.2) is 12.8 Å². The maximum absolute atomic E-state index is 13.5. The van der Waals surface area contributed by atoms with Gasteiger partial charge in [0, 0.05) is 5.02 Å². The minimum atomic E-state index is -3.95. The number of anilines is 2. The van der Waals surface area contributed by atoms with E-state index in [1.165, 1.54) is 31.2 Å². The fourth-order valence-corrected chi connectivity index (χ4v) is 3.28. The Morgan fingerprint density at radius 1 is 1.19 bits per heavy atom. The van der Waals surface area contributed by atoms with E-state index < -0.39 is 15.8 Å². The lowest BCUT2D eigenvalue weighted by Gasteiger charge is -2.11. The molecule has 0 saturated carbocycles. The van der Waals surface area contributed by atoms with E-state index in [4.69, 9.17) is 28.9 Å². The second-order valence-electron chi connectivity index (χ2n) is 4.37. The minimum absolute atomic E-state index is 0.129. The maximum Gasteiger partial charge on any atom is 0.262 e. The molecule has 0 aliphatic heterocycles. The van der Waals surface area contributed by atoms with Gasteiger partial charge in [0.05, 0.1) is 21.3 Å². The van der Waals surface area contributed by atoms with Gasteiger partial charge in [-0.1, -0.05) is 23.2 Å². The molecule has 0 bridgehead atoms. The number of hydrogen-bond acceptors (Lipinski definition) is 3. The molecule has 3 N–H and O–H groups in total. The van der Waals surface area contributed by atoms with Crippen molar-refractivity contribution in [3.05, 3.63) is 51.8 Å². The summed E-state index contributed by atoms with van der Waals surface area (Å²) >= 11 is 11.7. The van der Waals surface area contributed by atoms with Crippen LogP contribution in [-0.2, 0) is 10.0 Å². The van der Waals surface area contributed by atoms with Crippen LogP contribution >= 0.6 is 23.2 Å². The molecule has 0 aliphatic rings. The van der Waals surface area contributed by atoms with Gasteiger partial charge < -0.3 is 5.73 Å². The zero-order valence-corrected chi connectivity index (χ0v) is 13.2. The molecule has 0 saturated heterocycles. The van der Waals surface area contributed by atoms with Gasteiger partial charge in [0.15, 0.2) is 0 Å². The van der Waals surface area contributed by atoms with Crippen LogP contribution in [-0.4, -0.2) is 8.42 Å². The number of nitrogens with two attached hydrogens (primary N) is 1. The summed E-state index contributed by atoms with van der Waals surface area (Å²) in [6.45, 7) is 1.43. The largest absolute Gasteiger partial charge is 0.396 e. The molecule has 21 heavy (non-hydrogen) atoms. The number of hydrogen-bond donors (Lipinski definition) is 2. The smallest absolute Gasteiger partial charge is 0.262 e. The molecule has 0 amide bonds. The number of aryl methyl sites for hydroxylation is 1. The SMILES string of the molecule is Cc1cc(S(=O)(=O)Nc2cc(Cl)ccc2Cl)cc(N)c1F. The lowest BCUT2D eigenvalue weighted by Crippen LogP contribution is -2.14. The van der Waals surface area contributed by atoms with E-state index in [0.29, 0.717) is 5.02 Å². The Kier molecular flexibility index (Phi) is 4.32. The Hall–Kier alpha value is -1.50. The van der Waals surface area contributed by atoms with E-state index in [1.807, 2.05) is 0 Å². The van der Waals surface area contributed by atoms with E-state index in [0.717, 1.165) is 6.07 Å². The molecule has 0 fully saturated rings. The Balaban J connectivity index is 2.46. The third-order valence-electron chi connectivity index (χ3n) is 2.74. The van der Waals surface area contributed by atoms with E-state index in [9.17, 15) is 12.8 Å². The first-order valence-electron chi connectivity index (χ1n) is 5.74. The lowest BCUT2D eigenvalue weighted by molar-refractivity contribution is 0.599. The van der Waals surface area contributed by atoms with E-state index in [1.54, 1.807) is 0 Å². The van der Waals surface area contributed by atoms with Crippen molar-refractivity contribution in [2.24, 2.45) is 0 Å². The first-order valence-corrected chi connectivity index (χ1v) is 7.98. The highest BCUT2D eigenvalue weighted by Crippen LogP contribution is 2.29.